The van der Waals surface area contributed by atoms with Crippen molar-refractivity contribution in [2.75, 3.05) is 24.7 Å². The van der Waals surface area contributed by atoms with E-state index in [1.807, 2.05) is 0 Å². The molecule has 0 saturated carbocycles. The summed E-state index contributed by atoms with van der Waals surface area (Å²) < 4.78 is 5.74. The minimum Gasteiger partial charge on any atom is -0.378 e. The minimum atomic E-state index is 0.577. The molecule has 0 aromatic rings. The van der Waals surface area contributed by atoms with Crippen molar-refractivity contribution >= 4 is 11.8 Å². The lowest BCUT2D eigenvalue weighted by molar-refractivity contribution is 0.101. The molecule has 3 heteroatoms. The minimum absolute atomic E-state index is 0.577. The van der Waals surface area contributed by atoms with E-state index in [1.54, 1.807) is 0 Å². The third kappa shape index (κ3) is 6.36. The summed E-state index contributed by atoms with van der Waals surface area (Å²) in [6.45, 7) is 4.46. The molecule has 0 aromatic heterocycles. The first kappa shape index (κ1) is 16.6. The standard InChI is InChI=1S/C17H33NOS/c1-2-10-18-16(14-15-8-12-20-13-9-15)5-3-6-17-7-4-11-19-17/h15-18H,2-14H2,1H3. The Morgan fingerprint density at radius 3 is 2.80 bits per heavy atom. The molecule has 0 bridgehead atoms. The molecule has 0 radical (unpaired) electrons. The molecule has 20 heavy (non-hydrogen) atoms. The van der Waals surface area contributed by atoms with Crippen molar-refractivity contribution in [2.24, 2.45) is 5.92 Å². The van der Waals surface area contributed by atoms with E-state index in [0.717, 1.165) is 18.6 Å². The Balaban J connectivity index is 1.64. The third-order valence-electron chi connectivity index (χ3n) is 4.74. The summed E-state index contributed by atoms with van der Waals surface area (Å²) in [6, 6.07) is 0.754. The van der Waals surface area contributed by atoms with E-state index in [1.165, 1.54) is 75.8 Å². The maximum Gasteiger partial charge on any atom is 0.0576 e. The molecule has 2 atom stereocenters. The van der Waals surface area contributed by atoms with Crippen LogP contribution in [0.25, 0.3) is 0 Å². The molecule has 0 aromatic carbocycles. The van der Waals surface area contributed by atoms with Gasteiger partial charge >= 0.3 is 0 Å². The molecule has 2 unspecified atom stereocenters. The van der Waals surface area contributed by atoms with Crippen LogP contribution < -0.4 is 5.32 Å². The molecular weight excluding hydrogens is 266 g/mol. The Hall–Kier alpha value is 0.270. The second kappa shape index (κ2) is 10.1. The van der Waals surface area contributed by atoms with Gasteiger partial charge in [0.2, 0.25) is 0 Å². The second-order valence-electron chi connectivity index (χ2n) is 6.51. The lowest BCUT2D eigenvalue weighted by Gasteiger charge is -2.27. The van der Waals surface area contributed by atoms with Crippen LogP contribution in [0.2, 0.25) is 0 Å². The Labute approximate surface area is 129 Å². The molecule has 0 aliphatic carbocycles. The summed E-state index contributed by atoms with van der Waals surface area (Å²) in [7, 11) is 0. The van der Waals surface area contributed by atoms with Crippen molar-refractivity contribution in [1.29, 1.82) is 0 Å². The van der Waals surface area contributed by atoms with Gasteiger partial charge in [0, 0.05) is 12.6 Å². The van der Waals surface area contributed by atoms with E-state index in [-0.39, 0.29) is 0 Å². The molecule has 2 fully saturated rings. The largest absolute Gasteiger partial charge is 0.378 e. The van der Waals surface area contributed by atoms with Gasteiger partial charge in [0.15, 0.2) is 0 Å². The van der Waals surface area contributed by atoms with E-state index < -0.39 is 0 Å². The highest BCUT2D eigenvalue weighted by molar-refractivity contribution is 7.99. The number of ether oxygens (including phenoxy) is 1. The molecule has 2 aliphatic rings. The van der Waals surface area contributed by atoms with E-state index in [2.05, 4.69) is 24.0 Å². The van der Waals surface area contributed by atoms with Gasteiger partial charge in [-0.3, -0.25) is 0 Å². The zero-order valence-electron chi connectivity index (χ0n) is 13.2. The number of rotatable bonds is 9. The fourth-order valence-corrected chi connectivity index (χ4v) is 4.70. The molecule has 2 nitrogen and oxygen atoms in total. The van der Waals surface area contributed by atoms with E-state index in [4.69, 9.17) is 4.74 Å². The summed E-state index contributed by atoms with van der Waals surface area (Å²) in [4.78, 5) is 0. The van der Waals surface area contributed by atoms with Crippen molar-refractivity contribution in [3.05, 3.63) is 0 Å². The van der Waals surface area contributed by atoms with E-state index in [0.29, 0.717) is 6.10 Å². The predicted molar refractivity (Wildman–Crippen MR) is 89.6 cm³/mol. The lowest BCUT2D eigenvalue weighted by atomic mass is 9.91. The van der Waals surface area contributed by atoms with Crippen LogP contribution in [0.3, 0.4) is 0 Å². The predicted octanol–water partition coefficient (Wildman–Crippen LogP) is 4.24. The number of thioether (sulfide) groups is 1. The Bertz CT molecular complexity index is 237. The highest BCUT2D eigenvalue weighted by Crippen LogP contribution is 2.28. The van der Waals surface area contributed by atoms with Gasteiger partial charge in [-0.2, -0.15) is 11.8 Å². The summed E-state index contributed by atoms with van der Waals surface area (Å²) in [5, 5.41) is 3.79. The van der Waals surface area contributed by atoms with Crippen LogP contribution in [0.1, 0.15) is 64.7 Å². The van der Waals surface area contributed by atoms with Crippen molar-refractivity contribution in [3.63, 3.8) is 0 Å². The summed E-state index contributed by atoms with van der Waals surface area (Å²) >= 11 is 2.14. The molecular formula is C17H33NOS. The maximum atomic E-state index is 5.74. The van der Waals surface area contributed by atoms with Crippen LogP contribution in [0.4, 0.5) is 0 Å². The van der Waals surface area contributed by atoms with Crippen molar-refractivity contribution in [2.45, 2.75) is 76.9 Å². The van der Waals surface area contributed by atoms with Crippen LogP contribution in [0.15, 0.2) is 0 Å². The fourth-order valence-electron chi connectivity index (χ4n) is 3.50. The Kier molecular flexibility index (Phi) is 8.38. The normalized spacial score (nSPS) is 25.9. The van der Waals surface area contributed by atoms with Gasteiger partial charge in [0.1, 0.15) is 0 Å². The van der Waals surface area contributed by atoms with Crippen molar-refractivity contribution in [3.8, 4) is 0 Å². The highest BCUT2D eigenvalue weighted by atomic mass is 32.2. The smallest absolute Gasteiger partial charge is 0.0576 e. The van der Waals surface area contributed by atoms with Crippen LogP contribution >= 0.6 is 11.8 Å². The number of hydrogen-bond acceptors (Lipinski definition) is 3. The molecule has 2 aliphatic heterocycles. The quantitative estimate of drug-likeness (QED) is 0.688. The zero-order chi connectivity index (χ0) is 14.0. The fraction of sp³-hybridized carbons (Fsp3) is 1.00. The maximum absolute atomic E-state index is 5.74. The first-order chi connectivity index (χ1) is 9.88. The Morgan fingerprint density at radius 2 is 2.10 bits per heavy atom. The van der Waals surface area contributed by atoms with Crippen LogP contribution in [0, 0.1) is 5.92 Å². The molecule has 1 N–H and O–H groups in total. The van der Waals surface area contributed by atoms with Gasteiger partial charge in [-0.15, -0.1) is 0 Å². The van der Waals surface area contributed by atoms with Gasteiger partial charge in [0.05, 0.1) is 6.10 Å². The summed E-state index contributed by atoms with van der Waals surface area (Å²) in [5.74, 6) is 3.76. The number of nitrogens with one attached hydrogen (secondary N) is 1. The molecule has 118 valence electrons. The highest BCUT2D eigenvalue weighted by Gasteiger charge is 2.20. The van der Waals surface area contributed by atoms with E-state index >= 15 is 0 Å². The topological polar surface area (TPSA) is 21.3 Å². The SMILES string of the molecule is CCCNC(CCCC1CCCO1)CC1CCSCC1. The second-order valence-corrected chi connectivity index (χ2v) is 7.73. The molecule has 0 amide bonds. The molecule has 2 rings (SSSR count). The monoisotopic (exact) mass is 299 g/mol. The van der Waals surface area contributed by atoms with Gasteiger partial charge in [-0.05, 0) is 81.8 Å². The van der Waals surface area contributed by atoms with E-state index in [9.17, 15) is 0 Å². The average molecular weight is 300 g/mol. The van der Waals surface area contributed by atoms with Crippen LogP contribution in [0.5, 0.6) is 0 Å². The zero-order valence-corrected chi connectivity index (χ0v) is 14.1. The first-order valence-electron chi connectivity index (χ1n) is 8.81. The van der Waals surface area contributed by atoms with Gasteiger partial charge in [-0.25, -0.2) is 0 Å². The first-order valence-corrected chi connectivity index (χ1v) is 9.96. The van der Waals surface area contributed by atoms with Crippen LogP contribution in [-0.2, 0) is 4.74 Å². The third-order valence-corrected chi connectivity index (χ3v) is 5.79. The summed E-state index contributed by atoms with van der Waals surface area (Å²) in [6.07, 6.45) is 12.7. The lowest BCUT2D eigenvalue weighted by Crippen LogP contribution is -2.33. The molecule has 2 heterocycles. The van der Waals surface area contributed by atoms with Crippen molar-refractivity contribution < 1.29 is 4.74 Å². The number of hydrogen-bond donors (Lipinski definition) is 1. The van der Waals surface area contributed by atoms with Crippen molar-refractivity contribution in [1.82, 2.24) is 5.32 Å². The van der Waals surface area contributed by atoms with Gasteiger partial charge < -0.3 is 10.1 Å². The Morgan fingerprint density at radius 1 is 1.25 bits per heavy atom. The van der Waals surface area contributed by atoms with Gasteiger partial charge in [0.25, 0.3) is 0 Å². The molecule has 2 saturated heterocycles. The molecule has 0 spiro atoms. The average Bonchev–Trinajstić information content (AvgIpc) is 2.99. The van der Waals surface area contributed by atoms with Crippen LogP contribution in [-0.4, -0.2) is 36.8 Å². The summed E-state index contributed by atoms with van der Waals surface area (Å²) in [5.41, 5.74) is 0. The van der Waals surface area contributed by atoms with Gasteiger partial charge in [-0.1, -0.05) is 6.92 Å².